The van der Waals surface area contributed by atoms with Gasteiger partial charge in [0.05, 0.1) is 0 Å². The Labute approximate surface area is 114 Å². The fraction of sp³-hybridized carbons (Fsp3) is 0.857. The van der Waals surface area contributed by atoms with Crippen LogP contribution in [0.1, 0.15) is 50.5 Å². The van der Waals surface area contributed by atoms with E-state index in [1.54, 1.807) is 0 Å². The molecule has 1 fully saturated rings. The molecule has 2 atom stereocenters. The number of aromatic nitrogens is 3. The van der Waals surface area contributed by atoms with Crippen LogP contribution < -0.4 is 0 Å². The van der Waals surface area contributed by atoms with Crippen molar-refractivity contribution < 1.29 is 5.11 Å². The summed E-state index contributed by atoms with van der Waals surface area (Å²) in [5, 5.41) is 18.7. The normalized spacial score (nSPS) is 28.3. The first-order chi connectivity index (χ1) is 9.28. The van der Waals surface area contributed by atoms with Crippen LogP contribution in [0.15, 0.2) is 0 Å². The fourth-order valence-corrected chi connectivity index (χ4v) is 3.45. The molecule has 3 heterocycles. The summed E-state index contributed by atoms with van der Waals surface area (Å²) in [6.07, 6.45) is 5.92. The molecule has 1 saturated heterocycles. The zero-order valence-corrected chi connectivity index (χ0v) is 11.8. The maximum atomic E-state index is 10.1. The maximum absolute atomic E-state index is 10.1. The topological polar surface area (TPSA) is 54.2 Å². The zero-order chi connectivity index (χ0) is 13.2. The highest BCUT2D eigenvalue weighted by Gasteiger charge is 2.26. The number of fused-ring (bicyclic) bond motifs is 1. The van der Waals surface area contributed by atoms with Gasteiger partial charge in [-0.25, -0.2) is 0 Å². The maximum Gasteiger partial charge on any atom is 0.135 e. The monoisotopic (exact) mass is 264 g/mol. The Bertz CT molecular complexity index is 431. The van der Waals surface area contributed by atoms with Crippen LogP contribution in [0.25, 0.3) is 0 Å². The summed E-state index contributed by atoms with van der Waals surface area (Å²) >= 11 is 0. The number of hydrogen-bond donors (Lipinski definition) is 1. The van der Waals surface area contributed by atoms with Gasteiger partial charge < -0.3 is 10.0 Å². The van der Waals surface area contributed by atoms with Crippen LogP contribution in [0.4, 0.5) is 0 Å². The van der Waals surface area contributed by atoms with Gasteiger partial charge in [0.2, 0.25) is 0 Å². The molecule has 0 spiro atoms. The minimum absolute atomic E-state index is 0.403. The minimum atomic E-state index is -0.403. The van der Waals surface area contributed by atoms with Crippen molar-refractivity contribution >= 4 is 0 Å². The van der Waals surface area contributed by atoms with Crippen molar-refractivity contribution in [3.8, 4) is 0 Å². The Morgan fingerprint density at radius 1 is 1.26 bits per heavy atom. The zero-order valence-electron chi connectivity index (χ0n) is 11.8. The van der Waals surface area contributed by atoms with E-state index >= 15 is 0 Å². The number of aliphatic hydroxyl groups is 1. The molecule has 2 unspecified atom stereocenters. The SMILES string of the molecule is CCN1CCCC(Cc2nnc3n2C(O)CCC3)C1. The van der Waals surface area contributed by atoms with Gasteiger partial charge in [0.15, 0.2) is 0 Å². The lowest BCUT2D eigenvalue weighted by molar-refractivity contribution is 0.0731. The van der Waals surface area contributed by atoms with E-state index < -0.39 is 6.23 Å². The standard InChI is InChI=1S/C14H24N4O/c1-2-17-8-4-5-11(10-17)9-13-16-15-12-6-3-7-14(19)18(12)13/h11,14,19H,2-10H2,1H3. The van der Waals surface area contributed by atoms with Crippen LogP contribution in [0, 0.1) is 5.92 Å². The molecule has 5 heteroatoms. The lowest BCUT2D eigenvalue weighted by atomic mass is 9.94. The van der Waals surface area contributed by atoms with Gasteiger partial charge in [-0.05, 0) is 44.7 Å². The van der Waals surface area contributed by atoms with E-state index in [4.69, 9.17) is 0 Å². The smallest absolute Gasteiger partial charge is 0.135 e. The third kappa shape index (κ3) is 2.67. The van der Waals surface area contributed by atoms with Gasteiger partial charge in [0.1, 0.15) is 17.9 Å². The highest BCUT2D eigenvalue weighted by Crippen LogP contribution is 2.26. The number of likely N-dealkylation sites (tertiary alicyclic amines) is 1. The minimum Gasteiger partial charge on any atom is -0.373 e. The molecule has 0 amide bonds. The summed E-state index contributed by atoms with van der Waals surface area (Å²) in [5.74, 6) is 2.62. The first-order valence-corrected chi connectivity index (χ1v) is 7.61. The van der Waals surface area contributed by atoms with Crippen molar-refractivity contribution in [1.82, 2.24) is 19.7 Å². The lowest BCUT2D eigenvalue weighted by Crippen LogP contribution is -2.36. The Hall–Kier alpha value is -0.940. The molecule has 2 aliphatic heterocycles. The van der Waals surface area contributed by atoms with E-state index in [1.807, 2.05) is 4.57 Å². The number of piperidine rings is 1. The molecule has 19 heavy (non-hydrogen) atoms. The molecule has 5 nitrogen and oxygen atoms in total. The van der Waals surface area contributed by atoms with Crippen molar-refractivity contribution in [2.24, 2.45) is 5.92 Å². The molecule has 0 aliphatic carbocycles. The van der Waals surface area contributed by atoms with Crippen molar-refractivity contribution in [2.75, 3.05) is 19.6 Å². The van der Waals surface area contributed by atoms with E-state index in [2.05, 4.69) is 22.0 Å². The van der Waals surface area contributed by atoms with Crippen LogP contribution in [0.3, 0.4) is 0 Å². The molecule has 1 aromatic heterocycles. The van der Waals surface area contributed by atoms with Crippen LogP contribution in [-0.2, 0) is 12.8 Å². The lowest BCUT2D eigenvalue weighted by Gasteiger charge is -2.32. The average molecular weight is 264 g/mol. The largest absolute Gasteiger partial charge is 0.373 e. The van der Waals surface area contributed by atoms with Crippen LogP contribution in [-0.4, -0.2) is 44.4 Å². The Morgan fingerprint density at radius 3 is 3.00 bits per heavy atom. The van der Waals surface area contributed by atoms with Gasteiger partial charge >= 0.3 is 0 Å². The predicted octanol–water partition coefficient (Wildman–Crippen LogP) is 1.38. The first-order valence-electron chi connectivity index (χ1n) is 7.61. The molecule has 1 N–H and O–H groups in total. The van der Waals surface area contributed by atoms with Gasteiger partial charge in [-0.2, -0.15) is 0 Å². The molecule has 0 bridgehead atoms. The number of nitrogens with zero attached hydrogens (tertiary/aromatic N) is 4. The second kappa shape index (κ2) is 5.59. The molecule has 0 radical (unpaired) electrons. The molecule has 106 valence electrons. The van der Waals surface area contributed by atoms with Crippen LogP contribution >= 0.6 is 0 Å². The van der Waals surface area contributed by atoms with E-state index in [1.165, 1.54) is 19.4 Å². The van der Waals surface area contributed by atoms with Crippen molar-refractivity contribution in [1.29, 1.82) is 0 Å². The number of aliphatic hydroxyl groups excluding tert-OH is 1. The van der Waals surface area contributed by atoms with Gasteiger partial charge in [-0.1, -0.05) is 6.92 Å². The van der Waals surface area contributed by atoms with Gasteiger partial charge in [-0.3, -0.25) is 4.57 Å². The van der Waals surface area contributed by atoms with Crippen molar-refractivity contribution in [2.45, 2.75) is 51.7 Å². The molecular weight excluding hydrogens is 240 g/mol. The average Bonchev–Trinajstić information content (AvgIpc) is 2.84. The van der Waals surface area contributed by atoms with Crippen LogP contribution in [0.5, 0.6) is 0 Å². The second-order valence-electron chi connectivity index (χ2n) is 5.88. The van der Waals surface area contributed by atoms with Gasteiger partial charge in [0.25, 0.3) is 0 Å². The summed E-state index contributed by atoms with van der Waals surface area (Å²) in [6.45, 7) is 5.75. The predicted molar refractivity (Wildman–Crippen MR) is 72.8 cm³/mol. The molecule has 3 rings (SSSR count). The Kier molecular flexibility index (Phi) is 3.84. The van der Waals surface area contributed by atoms with Crippen molar-refractivity contribution in [3.05, 3.63) is 11.6 Å². The highest BCUT2D eigenvalue weighted by molar-refractivity contribution is 5.02. The Balaban J connectivity index is 1.71. The van der Waals surface area contributed by atoms with Crippen molar-refractivity contribution in [3.63, 3.8) is 0 Å². The summed E-state index contributed by atoms with van der Waals surface area (Å²) in [5.41, 5.74) is 0. The molecule has 0 saturated carbocycles. The summed E-state index contributed by atoms with van der Waals surface area (Å²) in [6, 6.07) is 0. The van der Waals surface area contributed by atoms with E-state index in [0.717, 1.165) is 50.4 Å². The summed E-state index contributed by atoms with van der Waals surface area (Å²) in [4.78, 5) is 2.51. The summed E-state index contributed by atoms with van der Waals surface area (Å²) < 4.78 is 1.98. The van der Waals surface area contributed by atoms with E-state index in [9.17, 15) is 5.11 Å². The Morgan fingerprint density at radius 2 is 2.16 bits per heavy atom. The van der Waals surface area contributed by atoms with E-state index in [0.29, 0.717) is 5.92 Å². The summed E-state index contributed by atoms with van der Waals surface area (Å²) in [7, 11) is 0. The number of rotatable bonds is 3. The molecule has 2 aliphatic rings. The number of hydrogen-bond acceptors (Lipinski definition) is 4. The highest BCUT2D eigenvalue weighted by atomic mass is 16.3. The molecule has 0 aromatic carbocycles. The molecular formula is C14H24N4O. The fourth-order valence-electron chi connectivity index (χ4n) is 3.45. The third-order valence-corrected chi connectivity index (χ3v) is 4.52. The quantitative estimate of drug-likeness (QED) is 0.896. The number of aryl methyl sites for hydroxylation is 1. The van der Waals surface area contributed by atoms with Crippen LogP contribution in [0.2, 0.25) is 0 Å². The molecule has 1 aromatic rings. The van der Waals surface area contributed by atoms with Gasteiger partial charge in [-0.15, -0.1) is 10.2 Å². The first kappa shape index (κ1) is 13.1. The van der Waals surface area contributed by atoms with Gasteiger partial charge in [0, 0.05) is 19.4 Å². The van der Waals surface area contributed by atoms with E-state index in [-0.39, 0.29) is 0 Å². The third-order valence-electron chi connectivity index (χ3n) is 4.52. The second-order valence-corrected chi connectivity index (χ2v) is 5.88.